The lowest BCUT2D eigenvalue weighted by molar-refractivity contribution is -0.384. The Hall–Kier alpha value is -2.73. The smallest absolute Gasteiger partial charge is 0.269 e. The van der Waals surface area contributed by atoms with Crippen molar-refractivity contribution in [3.63, 3.8) is 0 Å². The van der Waals surface area contributed by atoms with Gasteiger partial charge in [0.25, 0.3) is 11.6 Å². The number of hydrogen-bond acceptors (Lipinski definition) is 4. The third-order valence-electron chi connectivity index (χ3n) is 4.12. The molecule has 132 valence electrons. The molecule has 0 spiro atoms. The Morgan fingerprint density at radius 1 is 1.00 bits per heavy atom. The standard InChI is InChI=1S/C19H23N3O3/c1-3-21(4-2)14-16-7-5-15(6-8-16)13-20-19(23)17-9-11-18(12-10-17)22(24)25/h5-12H,3-4,13-14H2,1-2H3,(H,20,23). The van der Waals surface area contributed by atoms with Crippen LogP contribution in [0.1, 0.15) is 35.3 Å². The topological polar surface area (TPSA) is 75.5 Å². The lowest BCUT2D eigenvalue weighted by atomic mass is 10.1. The quantitative estimate of drug-likeness (QED) is 0.590. The van der Waals surface area contributed by atoms with Crippen molar-refractivity contribution >= 4 is 11.6 Å². The Balaban J connectivity index is 1.90. The van der Waals surface area contributed by atoms with E-state index in [-0.39, 0.29) is 11.6 Å². The second-order valence-corrected chi connectivity index (χ2v) is 5.76. The summed E-state index contributed by atoms with van der Waals surface area (Å²) in [5, 5.41) is 13.5. The molecule has 0 bridgehead atoms. The Morgan fingerprint density at radius 2 is 1.56 bits per heavy atom. The number of nitrogens with zero attached hydrogens (tertiary/aromatic N) is 2. The van der Waals surface area contributed by atoms with Crippen molar-refractivity contribution in [1.82, 2.24) is 10.2 Å². The van der Waals surface area contributed by atoms with E-state index in [0.717, 1.165) is 25.2 Å². The van der Waals surface area contributed by atoms with Gasteiger partial charge in [-0.1, -0.05) is 38.1 Å². The highest BCUT2D eigenvalue weighted by atomic mass is 16.6. The highest BCUT2D eigenvalue weighted by molar-refractivity contribution is 5.94. The summed E-state index contributed by atoms with van der Waals surface area (Å²) >= 11 is 0. The molecule has 6 nitrogen and oxygen atoms in total. The van der Waals surface area contributed by atoms with E-state index in [4.69, 9.17) is 0 Å². The number of amides is 1. The minimum Gasteiger partial charge on any atom is -0.348 e. The second-order valence-electron chi connectivity index (χ2n) is 5.76. The van der Waals surface area contributed by atoms with Crippen LogP contribution in [0.25, 0.3) is 0 Å². The van der Waals surface area contributed by atoms with Crippen LogP contribution < -0.4 is 5.32 Å². The van der Waals surface area contributed by atoms with Crippen molar-refractivity contribution in [3.05, 3.63) is 75.3 Å². The Morgan fingerprint density at radius 3 is 2.08 bits per heavy atom. The van der Waals surface area contributed by atoms with Gasteiger partial charge in [-0.15, -0.1) is 0 Å². The van der Waals surface area contributed by atoms with Gasteiger partial charge in [0.2, 0.25) is 0 Å². The molecule has 0 unspecified atom stereocenters. The molecular formula is C19H23N3O3. The number of carbonyl (C=O) groups is 1. The number of rotatable bonds is 8. The van der Waals surface area contributed by atoms with Gasteiger partial charge < -0.3 is 5.32 Å². The number of benzene rings is 2. The maximum absolute atomic E-state index is 12.1. The first kappa shape index (κ1) is 18.6. The molecule has 0 heterocycles. The summed E-state index contributed by atoms with van der Waals surface area (Å²) in [6, 6.07) is 13.7. The number of nitrogens with one attached hydrogen (secondary N) is 1. The normalized spacial score (nSPS) is 10.7. The molecule has 0 fully saturated rings. The van der Waals surface area contributed by atoms with Gasteiger partial charge in [0.05, 0.1) is 4.92 Å². The molecule has 2 aromatic carbocycles. The summed E-state index contributed by atoms with van der Waals surface area (Å²) in [7, 11) is 0. The monoisotopic (exact) mass is 341 g/mol. The molecule has 0 aliphatic rings. The first-order valence-electron chi connectivity index (χ1n) is 8.36. The molecule has 25 heavy (non-hydrogen) atoms. The van der Waals surface area contributed by atoms with Gasteiger partial charge in [-0.3, -0.25) is 19.8 Å². The van der Waals surface area contributed by atoms with Crippen LogP contribution >= 0.6 is 0 Å². The summed E-state index contributed by atoms with van der Waals surface area (Å²) in [6.07, 6.45) is 0. The summed E-state index contributed by atoms with van der Waals surface area (Å²) in [5.74, 6) is -0.248. The summed E-state index contributed by atoms with van der Waals surface area (Å²) in [5.41, 5.74) is 2.64. The van der Waals surface area contributed by atoms with Crippen LogP contribution in [0.15, 0.2) is 48.5 Å². The highest BCUT2D eigenvalue weighted by Crippen LogP contribution is 2.12. The first-order valence-corrected chi connectivity index (χ1v) is 8.36. The van der Waals surface area contributed by atoms with Gasteiger partial charge in [0.15, 0.2) is 0 Å². The van der Waals surface area contributed by atoms with E-state index in [1.807, 2.05) is 12.1 Å². The summed E-state index contributed by atoms with van der Waals surface area (Å²) in [4.78, 5) is 24.6. The minimum atomic E-state index is -0.485. The maximum atomic E-state index is 12.1. The average Bonchev–Trinajstić information content (AvgIpc) is 2.65. The van der Waals surface area contributed by atoms with Crippen LogP contribution in [0.2, 0.25) is 0 Å². The molecular weight excluding hydrogens is 318 g/mol. The molecule has 0 saturated heterocycles. The SMILES string of the molecule is CCN(CC)Cc1ccc(CNC(=O)c2ccc([N+](=O)[O-])cc2)cc1. The number of non-ortho nitro benzene ring substituents is 1. The van der Waals surface area contributed by atoms with Crippen LogP contribution in [-0.4, -0.2) is 28.8 Å². The molecule has 1 N–H and O–H groups in total. The molecule has 0 aromatic heterocycles. The van der Waals surface area contributed by atoms with Crippen LogP contribution in [0.5, 0.6) is 0 Å². The molecule has 2 rings (SSSR count). The van der Waals surface area contributed by atoms with E-state index in [0.29, 0.717) is 12.1 Å². The predicted molar refractivity (Wildman–Crippen MR) is 97.3 cm³/mol. The number of nitro groups is 1. The zero-order valence-corrected chi connectivity index (χ0v) is 14.6. The Kier molecular flexibility index (Phi) is 6.65. The van der Waals surface area contributed by atoms with E-state index in [1.54, 1.807) is 0 Å². The highest BCUT2D eigenvalue weighted by Gasteiger charge is 2.09. The van der Waals surface area contributed by atoms with E-state index >= 15 is 0 Å². The van der Waals surface area contributed by atoms with Gasteiger partial charge in [0, 0.05) is 30.8 Å². The summed E-state index contributed by atoms with van der Waals surface area (Å²) < 4.78 is 0. The van der Waals surface area contributed by atoms with Crippen molar-refractivity contribution < 1.29 is 9.72 Å². The van der Waals surface area contributed by atoms with Gasteiger partial charge in [-0.2, -0.15) is 0 Å². The fraction of sp³-hybridized carbons (Fsp3) is 0.316. The van der Waals surface area contributed by atoms with Gasteiger partial charge in [-0.05, 0) is 36.3 Å². The Labute approximate surface area is 147 Å². The molecule has 0 radical (unpaired) electrons. The maximum Gasteiger partial charge on any atom is 0.269 e. The second kappa shape index (κ2) is 8.94. The predicted octanol–water partition coefficient (Wildman–Crippen LogP) is 3.37. The molecule has 1 amide bonds. The zero-order chi connectivity index (χ0) is 18.2. The van der Waals surface area contributed by atoms with E-state index in [2.05, 4.69) is 36.2 Å². The van der Waals surface area contributed by atoms with Crippen LogP contribution in [0, 0.1) is 10.1 Å². The van der Waals surface area contributed by atoms with Crippen molar-refractivity contribution in [2.75, 3.05) is 13.1 Å². The fourth-order valence-electron chi connectivity index (χ4n) is 2.49. The van der Waals surface area contributed by atoms with Crippen molar-refractivity contribution in [1.29, 1.82) is 0 Å². The summed E-state index contributed by atoms with van der Waals surface area (Å²) in [6.45, 7) is 7.66. The number of nitro benzene ring substituents is 1. The Bertz CT molecular complexity index is 708. The first-order chi connectivity index (χ1) is 12.0. The van der Waals surface area contributed by atoms with Crippen molar-refractivity contribution in [3.8, 4) is 0 Å². The molecule has 0 aliphatic carbocycles. The number of carbonyl (C=O) groups excluding carboxylic acids is 1. The van der Waals surface area contributed by atoms with Gasteiger partial charge >= 0.3 is 0 Å². The third-order valence-corrected chi connectivity index (χ3v) is 4.12. The van der Waals surface area contributed by atoms with E-state index < -0.39 is 4.92 Å². The van der Waals surface area contributed by atoms with E-state index in [1.165, 1.54) is 29.8 Å². The van der Waals surface area contributed by atoms with Crippen LogP contribution in [0.3, 0.4) is 0 Å². The zero-order valence-electron chi connectivity index (χ0n) is 14.6. The third kappa shape index (κ3) is 5.39. The lowest BCUT2D eigenvalue weighted by Crippen LogP contribution is -2.23. The van der Waals surface area contributed by atoms with Gasteiger partial charge in [0.1, 0.15) is 0 Å². The van der Waals surface area contributed by atoms with Crippen molar-refractivity contribution in [2.45, 2.75) is 26.9 Å². The van der Waals surface area contributed by atoms with Crippen LogP contribution in [0.4, 0.5) is 5.69 Å². The molecule has 0 aliphatic heterocycles. The lowest BCUT2D eigenvalue weighted by Gasteiger charge is -2.18. The van der Waals surface area contributed by atoms with Crippen molar-refractivity contribution in [2.24, 2.45) is 0 Å². The largest absolute Gasteiger partial charge is 0.348 e. The fourth-order valence-corrected chi connectivity index (χ4v) is 2.49. The molecule has 0 atom stereocenters. The average molecular weight is 341 g/mol. The molecule has 6 heteroatoms. The number of hydrogen-bond donors (Lipinski definition) is 1. The minimum absolute atomic E-state index is 0.0275. The molecule has 0 saturated carbocycles. The van der Waals surface area contributed by atoms with E-state index in [9.17, 15) is 14.9 Å². The van der Waals surface area contributed by atoms with Gasteiger partial charge in [-0.25, -0.2) is 0 Å². The molecule has 2 aromatic rings. The van der Waals surface area contributed by atoms with Crippen LogP contribution in [-0.2, 0) is 13.1 Å².